The molecular weight excluding hydrogens is 762 g/mol. The summed E-state index contributed by atoms with van der Waals surface area (Å²) in [5.41, 5.74) is 2.35. The molecule has 7 nitrogen and oxygen atoms in total. The van der Waals surface area contributed by atoms with Crippen molar-refractivity contribution in [3.63, 3.8) is 0 Å². The summed E-state index contributed by atoms with van der Waals surface area (Å²) in [7, 11) is 0. The van der Waals surface area contributed by atoms with Gasteiger partial charge in [-0.25, -0.2) is 14.2 Å². The number of thiazole rings is 1. The summed E-state index contributed by atoms with van der Waals surface area (Å²) in [6.45, 7) is 7.59. The van der Waals surface area contributed by atoms with Crippen LogP contribution in [0.5, 0.6) is 11.5 Å². The summed E-state index contributed by atoms with van der Waals surface area (Å²) >= 11 is 6.98. The van der Waals surface area contributed by atoms with Gasteiger partial charge in [-0.05, 0) is 102 Å². The third-order valence-corrected chi connectivity index (χ3v) is 9.11. The van der Waals surface area contributed by atoms with Gasteiger partial charge in [-0.3, -0.25) is 9.36 Å². The van der Waals surface area contributed by atoms with Crippen LogP contribution in [0.4, 0.5) is 4.39 Å². The Morgan fingerprint density at radius 2 is 1.91 bits per heavy atom. The molecule has 0 bridgehead atoms. The lowest BCUT2D eigenvalue weighted by Crippen LogP contribution is -2.40. The first-order valence-electron chi connectivity index (χ1n) is 13.9. The van der Waals surface area contributed by atoms with Gasteiger partial charge in [0.1, 0.15) is 30.0 Å². The SMILES string of the molecule is CCOC(=O)C1=C(C)N=c2s/c(=C/c3cc(Br)c(OCc4ccccc4F)c(I)c3)c(=O)n2[C@H]1c1ccccc1OC(C)C. The molecule has 0 N–H and O–H groups in total. The van der Waals surface area contributed by atoms with E-state index >= 15 is 0 Å². The smallest absolute Gasteiger partial charge is 0.338 e. The normalized spacial score (nSPS) is 14.8. The first kappa shape index (κ1) is 32.1. The van der Waals surface area contributed by atoms with Crippen LogP contribution in [0.2, 0.25) is 0 Å². The van der Waals surface area contributed by atoms with E-state index in [1.807, 2.05) is 50.2 Å². The van der Waals surface area contributed by atoms with Crippen molar-refractivity contribution < 1.29 is 23.4 Å². The highest BCUT2D eigenvalue weighted by Gasteiger charge is 2.35. The molecule has 1 aromatic heterocycles. The largest absolute Gasteiger partial charge is 0.491 e. The highest BCUT2D eigenvalue weighted by molar-refractivity contribution is 14.1. The molecule has 0 saturated carbocycles. The Kier molecular flexibility index (Phi) is 10.1. The third kappa shape index (κ3) is 6.69. The second kappa shape index (κ2) is 13.8. The van der Waals surface area contributed by atoms with E-state index in [1.165, 1.54) is 17.4 Å². The molecule has 3 aromatic carbocycles. The summed E-state index contributed by atoms with van der Waals surface area (Å²) in [6.07, 6.45) is 1.66. The van der Waals surface area contributed by atoms with E-state index < -0.39 is 12.0 Å². The number of fused-ring (bicyclic) bond motifs is 1. The van der Waals surface area contributed by atoms with E-state index in [4.69, 9.17) is 14.2 Å². The molecule has 0 saturated heterocycles. The maximum absolute atomic E-state index is 14.1. The van der Waals surface area contributed by atoms with E-state index in [9.17, 15) is 14.0 Å². The molecule has 0 radical (unpaired) electrons. The Bertz CT molecular complexity index is 1930. The number of nitrogens with zero attached hydrogens (tertiary/aromatic N) is 2. The maximum Gasteiger partial charge on any atom is 0.338 e. The summed E-state index contributed by atoms with van der Waals surface area (Å²) in [6, 6.07) is 16.8. The fourth-order valence-electron chi connectivity index (χ4n) is 4.87. The van der Waals surface area contributed by atoms with Gasteiger partial charge in [-0.15, -0.1) is 0 Å². The number of aromatic nitrogens is 1. The molecular formula is C33H29BrFIN2O5S. The maximum atomic E-state index is 14.1. The molecule has 0 aliphatic carbocycles. The van der Waals surface area contributed by atoms with Crippen molar-refractivity contribution in [2.45, 2.75) is 46.4 Å². The molecule has 4 aromatic rings. The quantitative estimate of drug-likeness (QED) is 0.140. The second-order valence-electron chi connectivity index (χ2n) is 10.2. The van der Waals surface area contributed by atoms with Gasteiger partial charge in [0.05, 0.1) is 36.6 Å². The zero-order valence-electron chi connectivity index (χ0n) is 24.4. The molecule has 1 aliphatic heterocycles. The van der Waals surface area contributed by atoms with Crippen molar-refractivity contribution in [2.24, 2.45) is 4.99 Å². The molecule has 0 amide bonds. The summed E-state index contributed by atoms with van der Waals surface area (Å²) in [5.74, 6) is 0.285. The number of ether oxygens (including phenoxy) is 3. The number of para-hydroxylation sites is 1. The van der Waals surface area contributed by atoms with Gasteiger partial charge in [0.25, 0.3) is 5.56 Å². The number of benzene rings is 3. The Morgan fingerprint density at radius 3 is 2.61 bits per heavy atom. The van der Waals surface area contributed by atoms with E-state index in [2.05, 4.69) is 43.5 Å². The van der Waals surface area contributed by atoms with Crippen molar-refractivity contribution >= 4 is 61.9 Å². The summed E-state index contributed by atoms with van der Waals surface area (Å²) < 4.78 is 35.0. The van der Waals surface area contributed by atoms with E-state index in [0.29, 0.717) is 47.7 Å². The highest BCUT2D eigenvalue weighted by atomic mass is 127. The molecule has 1 atom stereocenters. The monoisotopic (exact) mass is 790 g/mol. The van der Waals surface area contributed by atoms with Gasteiger partial charge in [-0.2, -0.15) is 0 Å². The number of allylic oxidation sites excluding steroid dienone is 1. The van der Waals surface area contributed by atoms with E-state index in [-0.39, 0.29) is 30.7 Å². The van der Waals surface area contributed by atoms with Gasteiger partial charge < -0.3 is 14.2 Å². The van der Waals surface area contributed by atoms with Crippen LogP contribution in [-0.2, 0) is 16.1 Å². The molecule has 0 fully saturated rings. The fraction of sp³-hybridized carbons (Fsp3) is 0.242. The number of hydrogen-bond acceptors (Lipinski definition) is 7. The highest BCUT2D eigenvalue weighted by Crippen LogP contribution is 2.36. The second-order valence-corrected chi connectivity index (χ2v) is 13.2. The van der Waals surface area contributed by atoms with Crippen LogP contribution in [0.15, 0.2) is 86.2 Å². The van der Waals surface area contributed by atoms with E-state index in [1.54, 1.807) is 42.7 Å². The van der Waals surface area contributed by atoms with Crippen LogP contribution in [0.25, 0.3) is 6.08 Å². The van der Waals surface area contributed by atoms with Gasteiger partial charge in [0.2, 0.25) is 0 Å². The molecule has 2 heterocycles. The van der Waals surface area contributed by atoms with Crippen molar-refractivity contribution in [1.29, 1.82) is 0 Å². The standard InChI is InChI=1S/C33H29BrFIN2O5S/c1-5-41-32(40)28-19(4)37-33-38(29(28)22-11-7-9-13-26(22)43-18(2)3)31(39)27(44-33)16-20-14-23(34)30(25(36)15-20)42-17-21-10-6-8-12-24(21)35/h6-16,18,29H,5,17H2,1-4H3/b27-16+/t29-/m0/s1. The average Bonchev–Trinajstić information content (AvgIpc) is 3.26. The zero-order valence-corrected chi connectivity index (χ0v) is 29.0. The number of esters is 1. The Balaban J connectivity index is 1.59. The van der Waals surface area contributed by atoms with Crippen LogP contribution in [0.1, 0.15) is 50.4 Å². The van der Waals surface area contributed by atoms with Crippen LogP contribution in [0, 0.1) is 9.39 Å². The number of halogens is 3. The third-order valence-electron chi connectivity index (χ3n) is 6.74. The summed E-state index contributed by atoms with van der Waals surface area (Å²) in [5, 5.41) is 0. The summed E-state index contributed by atoms with van der Waals surface area (Å²) in [4.78, 5) is 32.5. The van der Waals surface area contributed by atoms with Gasteiger partial charge >= 0.3 is 5.97 Å². The van der Waals surface area contributed by atoms with Gasteiger partial charge in [0.15, 0.2) is 4.80 Å². The van der Waals surface area contributed by atoms with Gasteiger partial charge in [-0.1, -0.05) is 47.7 Å². The van der Waals surface area contributed by atoms with Gasteiger partial charge in [0, 0.05) is 11.1 Å². The Labute approximate surface area is 280 Å². The predicted molar refractivity (Wildman–Crippen MR) is 180 cm³/mol. The molecule has 5 rings (SSSR count). The first-order chi connectivity index (χ1) is 21.1. The molecule has 0 spiro atoms. The molecule has 44 heavy (non-hydrogen) atoms. The topological polar surface area (TPSA) is 79.1 Å². The van der Waals surface area contributed by atoms with Crippen molar-refractivity contribution in [1.82, 2.24) is 4.57 Å². The van der Waals surface area contributed by atoms with Crippen LogP contribution in [0.3, 0.4) is 0 Å². The first-order valence-corrected chi connectivity index (χ1v) is 16.6. The van der Waals surface area contributed by atoms with Crippen LogP contribution < -0.4 is 24.4 Å². The molecule has 228 valence electrons. The van der Waals surface area contributed by atoms with E-state index in [0.717, 1.165) is 9.13 Å². The minimum atomic E-state index is -0.788. The van der Waals surface area contributed by atoms with Crippen LogP contribution in [-0.4, -0.2) is 23.2 Å². The lowest BCUT2D eigenvalue weighted by Gasteiger charge is -2.26. The predicted octanol–water partition coefficient (Wildman–Crippen LogP) is 6.67. The zero-order chi connectivity index (χ0) is 31.5. The van der Waals surface area contributed by atoms with Crippen molar-refractivity contribution in [3.8, 4) is 11.5 Å². The average molecular weight is 791 g/mol. The molecule has 0 unspecified atom stereocenters. The minimum absolute atomic E-state index is 0.0728. The fourth-order valence-corrected chi connectivity index (χ4v) is 7.69. The van der Waals surface area contributed by atoms with Crippen molar-refractivity contribution in [2.75, 3.05) is 6.61 Å². The molecule has 11 heteroatoms. The number of carbonyl (C=O) groups is 1. The number of rotatable bonds is 9. The Morgan fingerprint density at radius 1 is 1.18 bits per heavy atom. The van der Waals surface area contributed by atoms with Crippen LogP contribution >= 0.6 is 49.9 Å². The lowest BCUT2D eigenvalue weighted by atomic mass is 9.95. The number of carbonyl (C=O) groups excluding carboxylic acids is 1. The van der Waals surface area contributed by atoms with Crippen molar-refractivity contribution in [3.05, 3.63) is 122 Å². The Hall–Kier alpha value is -3.29. The number of hydrogen-bond donors (Lipinski definition) is 0. The minimum Gasteiger partial charge on any atom is -0.491 e. The lowest BCUT2D eigenvalue weighted by molar-refractivity contribution is -0.139. The molecule has 1 aliphatic rings.